The van der Waals surface area contributed by atoms with Crippen LogP contribution in [0.3, 0.4) is 0 Å². The lowest BCUT2D eigenvalue weighted by molar-refractivity contribution is 0.671. The van der Waals surface area contributed by atoms with Gasteiger partial charge in [0.25, 0.3) is 0 Å². The van der Waals surface area contributed by atoms with Gasteiger partial charge in [-0.05, 0) is 129 Å². The van der Waals surface area contributed by atoms with Gasteiger partial charge in [0.2, 0.25) is 0 Å². The molecule has 0 saturated carbocycles. The summed E-state index contributed by atoms with van der Waals surface area (Å²) in [6.45, 7) is 0. The average molecular weight is 682 g/mol. The minimum atomic E-state index is 0.186. The van der Waals surface area contributed by atoms with E-state index < -0.39 is 0 Å². The third-order valence-corrected chi connectivity index (χ3v) is 11.9. The lowest BCUT2D eigenvalue weighted by Gasteiger charge is -2.34. The lowest BCUT2D eigenvalue weighted by atomic mass is 9.71. The van der Waals surface area contributed by atoms with E-state index in [-0.39, 0.29) is 6.04 Å². The maximum absolute atomic E-state index is 2.53. The molecule has 3 unspecified atom stereocenters. The topological polar surface area (TPSA) is 3.24 Å². The van der Waals surface area contributed by atoms with Crippen LogP contribution < -0.4 is 4.90 Å². The summed E-state index contributed by atoms with van der Waals surface area (Å²) in [5, 5.41) is 0. The Balaban J connectivity index is 0.965. The molecule has 256 valence electrons. The molecule has 0 radical (unpaired) electrons. The second-order valence-corrected chi connectivity index (χ2v) is 15.0. The molecule has 0 saturated heterocycles. The summed E-state index contributed by atoms with van der Waals surface area (Å²) in [5.74, 6) is 0.793. The minimum Gasteiger partial charge on any atom is -0.334 e. The summed E-state index contributed by atoms with van der Waals surface area (Å²) in [6.07, 6.45) is 29.3. The van der Waals surface area contributed by atoms with Crippen molar-refractivity contribution < 1.29 is 0 Å². The van der Waals surface area contributed by atoms with Gasteiger partial charge in [-0.25, -0.2) is 0 Å². The lowest BCUT2D eigenvalue weighted by Crippen LogP contribution is -2.30. The molecule has 0 aromatic heterocycles. The van der Waals surface area contributed by atoms with E-state index in [1.807, 2.05) is 0 Å². The zero-order chi connectivity index (χ0) is 35.1. The van der Waals surface area contributed by atoms with E-state index in [0.29, 0.717) is 11.8 Å². The first-order chi connectivity index (χ1) is 26.3. The third kappa shape index (κ3) is 5.91. The Bertz CT molecular complexity index is 2430. The predicted octanol–water partition coefficient (Wildman–Crippen LogP) is 13.5. The normalized spacial score (nSPS) is 20.9. The molecule has 5 aliphatic rings. The van der Waals surface area contributed by atoms with Crippen LogP contribution in [0.4, 0.5) is 11.4 Å². The Kier molecular flexibility index (Phi) is 8.14. The summed E-state index contributed by atoms with van der Waals surface area (Å²) in [6, 6.07) is 45.4. The van der Waals surface area contributed by atoms with Crippen LogP contribution in [0.2, 0.25) is 0 Å². The molecular weight excluding hydrogens is 639 g/mol. The number of hydrogen-bond donors (Lipinski definition) is 0. The molecule has 10 rings (SSSR count). The van der Waals surface area contributed by atoms with Crippen LogP contribution in [-0.4, -0.2) is 6.04 Å². The second-order valence-electron chi connectivity index (χ2n) is 15.0. The smallest absolute Gasteiger partial charge is 0.0560 e. The summed E-state index contributed by atoms with van der Waals surface area (Å²) < 4.78 is 0. The van der Waals surface area contributed by atoms with Gasteiger partial charge in [0, 0.05) is 23.2 Å². The Morgan fingerprint density at radius 3 is 2.17 bits per heavy atom. The van der Waals surface area contributed by atoms with Gasteiger partial charge in [0.1, 0.15) is 0 Å². The van der Waals surface area contributed by atoms with E-state index in [9.17, 15) is 0 Å². The van der Waals surface area contributed by atoms with E-state index in [4.69, 9.17) is 0 Å². The van der Waals surface area contributed by atoms with Crippen molar-refractivity contribution in [3.8, 4) is 11.1 Å². The molecular formula is C52H43N. The highest BCUT2D eigenvalue weighted by Gasteiger charge is 2.30. The van der Waals surface area contributed by atoms with Crippen LogP contribution in [-0.2, 0) is 0 Å². The van der Waals surface area contributed by atoms with Crippen LogP contribution >= 0.6 is 0 Å². The fourth-order valence-corrected chi connectivity index (χ4v) is 9.28. The monoisotopic (exact) mass is 681 g/mol. The van der Waals surface area contributed by atoms with E-state index in [1.54, 1.807) is 5.57 Å². The molecule has 5 aliphatic carbocycles. The number of anilines is 2. The van der Waals surface area contributed by atoms with Gasteiger partial charge in [-0.1, -0.05) is 152 Å². The van der Waals surface area contributed by atoms with Crippen LogP contribution in [0.5, 0.6) is 0 Å². The van der Waals surface area contributed by atoms with Crippen molar-refractivity contribution in [1.29, 1.82) is 0 Å². The van der Waals surface area contributed by atoms with E-state index in [2.05, 4.69) is 187 Å². The van der Waals surface area contributed by atoms with Crippen molar-refractivity contribution in [2.24, 2.45) is 5.92 Å². The molecule has 0 amide bonds. The Morgan fingerprint density at radius 2 is 1.30 bits per heavy atom. The highest BCUT2D eigenvalue weighted by atomic mass is 15.2. The van der Waals surface area contributed by atoms with Crippen molar-refractivity contribution in [1.82, 2.24) is 0 Å². The molecule has 0 heterocycles. The molecule has 0 spiro atoms. The van der Waals surface area contributed by atoms with Crippen molar-refractivity contribution in [3.05, 3.63) is 214 Å². The summed E-state index contributed by atoms with van der Waals surface area (Å²) in [5.41, 5.74) is 18.9. The van der Waals surface area contributed by atoms with Gasteiger partial charge in [0.15, 0.2) is 0 Å². The van der Waals surface area contributed by atoms with Gasteiger partial charge in [-0.3, -0.25) is 0 Å². The number of fused-ring (bicyclic) bond motifs is 5. The van der Waals surface area contributed by atoms with Crippen LogP contribution in [0.25, 0.3) is 34.4 Å². The zero-order valence-corrected chi connectivity index (χ0v) is 30.0. The quantitative estimate of drug-likeness (QED) is 0.172. The Labute approximate surface area is 314 Å². The van der Waals surface area contributed by atoms with Crippen molar-refractivity contribution in [2.45, 2.75) is 44.1 Å². The van der Waals surface area contributed by atoms with E-state index in [0.717, 1.165) is 32.1 Å². The molecule has 3 atom stereocenters. The molecule has 5 aromatic carbocycles. The second kappa shape index (κ2) is 13.6. The maximum Gasteiger partial charge on any atom is 0.0560 e. The first-order valence-corrected chi connectivity index (χ1v) is 19.4. The SMILES string of the molecule is C1=CC2=C(CC1)C(c1ccc(N(c3cccc(-c4ccccc4)c3)C3C=CC(c4ccc5c(c4)C=CC4C=Cc6ccccc6C54)=CC3)cc1)=CCC2. The highest BCUT2D eigenvalue weighted by molar-refractivity contribution is 5.84. The molecule has 0 bridgehead atoms. The maximum atomic E-state index is 2.53. The minimum absolute atomic E-state index is 0.186. The van der Waals surface area contributed by atoms with Crippen LogP contribution in [0.1, 0.15) is 71.4 Å². The van der Waals surface area contributed by atoms with Crippen LogP contribution in [0, 0.1) is 5.92 Å². The van der Waals surface area contributed by atoms with Crippen LogP contribution in [0.15, 0.2) is 181 Å². The average Bonchev–Trinajstić information content (AvgIpc) is 3.24. The largest absolute Gasteiger partial charge is 0.334 e. The van der Waals surface area contributed by atoms with Crippen molar-refractivity contribution >= 4 is 34.7 Å². The number of nitrogens with zero attached hydrogens (tertiary/aromatic N) is 1. The molecule has 1 heteroatoms. The molecule has 0 N–H and O–H groups in total. The fraction of sp³-hybridized carbons (Fsp3) is 0.154. The number of hydrogen-bond acceptors (Lipinski definition) is 1. The standard InChI is InChI=1S/C52H43N/c1-2-10-36(11-3-1)42-15-8-16-47(35-42)53(46-31-26-40(27-32-46)49-19-9-14-38-12-4-6-17-48(38)49)45-29-24-37(25-30-45)43-28-33-51-44(34-43)23-22-41-21-20-39-13-5-7-18-50(39)52(41)51/h1-5,7-8,10-13,15-16,18-29,31-35,41,45,52H,6,9,14,17,30H2. The summed E-state index contributed by atoms with van der Waals surface area (Å²) in [4.78, 5) is 2.53. The van der Waals surface area contributed by atoms with Gasteiger partial charge in [0.05, 0.1) is 6.04 Å². The Morgan fingerprint density at radius 1 is 0.509 bits per heavy atom. The summed E-state index contributed by atoms with van der Waals surface area (Å²) in [7, 11) is 0. The van der Waals surface area contributed by atoms with E-state index >= 15 is 0 Å². The predicted molar refractivity (Wildman–Crippen MR) is 225 cm³/mol. The number of allylic oxidation sites excluding steroid dienone is 10. The molecule has 0 fully saturated rings. The molecule has 53 heavy (non-hydrogen) atoms. The third-order valence-electron chi connectivity index (χ3n) is 11.9. The summed E-state index contributed by atoms with van der Waals surface area (Å²) >= 11 is 0. The Hall–Kier alpha value is -5.92. The highest BCUT2D eigenvalue weighted by Crippen LogP contribution is 2.45. The van der Waals surface area contributed by atoms with Gasteiger partial charge in [-0.2, -0.15) is 0 Å². The van der Waals surface area contributed by atoms with Crippen molar-refractivity contribution in [2.75, 3.05) is 4.90 Å². The zero-order valence-electron chi connectivity index (χ0n) is 30.0. The fourth-order valence-electron chi connectivity index (χ4n) is 9.28. The van der Waals surface area contributed by atoms with Gasteiger partial charge < -0.3 is 4.90 Å². The number of benzene rings is 5. The van der Waals surface area contributed by atoms with Gasteiger partial charge >= 0.3 is 0 Å². The first-order valence-electron chi connectivity index (χ1n) is 19.4. The van der Waals surface area contributed by atoms with Gasteiger partial charge in [-0.15, -0.1) is 0 Å². The number of rotatable bonds is 6. The first kappa shape index (κ1) is 31.8. The molecule has 5 aromatic rings. The van der Waals surface area contributed by atoms with Crippen molar-refractivity contribution in [3.63, 3.8) is 0 Å². The molecule has 0 aliphatic heterocycles. The molecule has 1 nitrogen and oxygen atoms in total. The van der Waals surface area contributed by atoms with E-state index in [1.165, 1.54) is 72.6 Å².